The van der Waals surface area contributed by atoms with Crippen LogP contribution in [0.1, 0.15) is 96.5 Å². The SMILES string of the molecule is CCCC#CCCC[C@H]1CCC(=O)[C@@H]1CCCCCC(O)(C(=O)OCC)c1ccccc1. The summed E-state index contributed by atoms with van der Waals surface area (Å²) in [5.41, 5.74) is -1.03. The molecule has 0 heterocycles. The fourth-order valence-corrected chi connectivity index (χ4v) is 4.72. The van der Waals surface area contributed by atoms with Crippen molar-refractivity contribution in [3.05, 3.63) is 35.9 Å². The minimum Gasteiger partial charge on any atom is -0.464 e. The highest BCUT2D eigenvalue weighted by Gasteiger charge is 2.39. The first-order valence-corrected chi connectivity index (χ1v) is 12.5. The molecular weight excluding hydrogens is 400 g/mol. The molecule has 1 aromatic carbocycles. The maximum atomic E-state index is 12.5. The molecule has 3 atom stereocenters. The maximum absolute atomic E-state index is 12.5. The van der Waals surface area contributed by atoms with Crippen LogP contribution in [0.4, 0.5) is 0 Å². The first-order chi connectivity index (χ1) is 15.5. The summed E-state index contributed by atoms with van der Waals surface area (Å²) in [5, 5.41) is 11.1. The predicted octanol–water partition coefficient (Wildman–Crippen LogP) is 5.96. The van der Waals surface area contributed by atoms with Crippen LogP contribution in [0, 0.1) is 23.7 Å². The summed E-state index contributed by atoms with van der Waals surface area (Å²) < 4.78 is 5.15. The number of unbranched alkanes of at least 4 members (excludes halogenated alkanes) is 4. The molecule has 0 spiro atoms. The Bertz CT molecular complexity index is 761. The van der Waals surface area contributed by atoms with Gasteiger partial charge in [0.15, 0.2) is 5.60 Å². The fraction of sp³-hybridized carbons (Fsp3) is 0.643. The van der Waals surface area contributed by atoms with E-state index in [4.69, 9.17) is 4.74 Å². The second-order valence-electron chi connectivity index (χ2n) is 8.91. The number of ether oxygens (including phenoxy) is 1. The molecule has 0 aromatic heterocycles. The third-order valence-corrected chi connectivity index (χ3v) is 6.54. The molecule has 0 bridgehead atoms. The highest BCUT2D eigenvalue weighted by molar-refractivity contribution is 5.83. The lowest BCUT2D eigenvalue weighted by atomic mass is 9.85. The van der Waals surface area contributed by atoms with E-state index >= 15 is 0 Å². The Morgan fingerprint density at radius 1 is 1.06 bits per heavy atom. The summed E-state index contributed by atoms with van der Waals surface area (Å²) in [6.07, 6.45) is 10.7. The second-order valence-corrected chi connectivity index (χ2v) is 8.91. The van der Waals surface area contributed by atoms with E-state index in [1.54, 1.807) is 19.1 Å². The van der Waals surface area contributed by atoms with Gasteiger partial charge in [0.05, 0.1) is 6.61 Å². The molecule has 176 valence electrons. The number of rotatable bonds is 13. The zero-order valence-electron chi connectivity index (χ0n) is 19.9. The van der Waals surface area contributed by atoms with Gasteiger partial charge in [-0.3, -0.25) is 4.79 Å². The Balaban J connectivity index is 1.79. The van der Waals surface area contributed by atoms with Crippen LogP contribution in [0.15, 0.2) is 30.3 Å². The molecular formula is C28H40O4. The standard InChI is InChI=1S/C28H40O4/c1-3-5-6-7-8-11-16-23-20-21-26(29)25(23)19-14-10-15-22-28(31,27(30)32-4-2)24-17-12-9-13-18-24/h9,12-13,17-18,23,25,31H,3-5,8,10-11,14-16,19-22H2,1-2H3/t23-,25+,28?/m0/s1. The number of Topliss-reactive ketones (excluding diaryl/α,β-unsaturated/α-hetero) is 1. The number of carbonyl (C=O) groups excluding carboxylic acids is 2. The van der Waals surface area contributed by atoms with E-state index in [2.05, 4.69) is 18.8 Å². The van der Waals surface area contributed by atoms with Gasteiger partial charge in [-0.2, -0.15) is 0 Å². The molecule has 1 fully saturated rings. The van der Waals surface area contributed by atoms with Gasteiger partial charge in [0.2, 0.25) is 0 Å². The van der Waals surface area contributed by atoms with E-state index in [1.807, 2.05) is 18.2 Å². The van der Waals surface area contributed by atoms with Gasteiger partial charge in [-0.05, 0) is 63.4 Å². The molecule has 0 amide bonds. The van der Waals surface area contributed by atoms with Crippen LogP contribution in [0.3, 0.4) is 0 Å². The van der Waals surface area contributed by atoms with Gasteiger partial charge in [-0.1, -0.05) is 50.1 Å². The normalized spacial score (nSPS) is 19.8. The van der Waals surface area contributed by atoms with Crippen LogP contribution in [0.5, 0.6) is 0 Å². The summed E-state index contributed by atoms with van der Waals surface area (Å²) in [6.45, 7) is 4.13. The van der Waals surface area contributed by atoms with Crippen molar-refractivity contribution >= 4 is 11.8 Å². The molecule has 0 aliphatic heterocycles. The van der Waals surface area contributed by atoms with Gasteiger partial charge in [0, 0.05) is 25.2 Å². The molecule has 2 rings (SSSR count). The van der Waals surface area contributed by atoms with Crippen molar-refractivity contribution in [3.8, 4) is 11.8 Å². The van der Waals surface area contributed by atoms with Crippen molar-refractivity contribution in [3.63, 3.8) is 0 Å². The van der Waals surface area contributed by atoms with Crippen molar-refractivity contribution in [1.82, 2.24) is 0 Å². The average molecular weight is 441 g/mol. The monoisotopic (exact) mass is 440 g/mol. The van der Waals surface area contributed by atoms with Gasteiger partial charge in [0.1, 0.15) is 5.78 Å². The number of esters is 1. The van der Waals surface area contributed by atoms with E-state index in [0.717, 1.165) is 57.8 Å². The fourth-order valence-electron chi connectivity index (χ4n) is 4.72. The molecule has 1 N–H and O–H groups in total. The second kappa shape index (κ2) is 14.1. The summed E-state index contributed by atoms with van der Waals surface area (Å²) in [6, 6.07) is 9.04. The van der Waals surface area contributed by atoms with Crippen LogP contribution >= 0.6 is 0 Å². The van der Waals surface area contributed by atoms with Gasteiger partial charge < -0.3 is 9.84 Å². The average Bonchev–Trinajstić information content (AvgIpc) is 3.15. The first-order valence-electron chi connectivity index (χ1n) is 12.5. The van der Waals surface area contributed by atoms with Gasteiger partial charge in [-0.15, -0.1) is 11.8 Å². The van der Waals surface area contributed by atoms with E-state index in [9.17, 15) is 14.7 Å². The quantitative estimate of drug-likeness (QED) is 0.234. The molecule has 4 nitrogen and oxygen atoms in total. The number of carbonyl (C=O) groups is 2. The topological polar surface area (TPSA) is 63.6 Å². The first kappa shape index (κ1) is 26.1. The van der Waals surface area contributed by atoms with Crippen LogP contribution < -0.4 is 0 Å². The van der Waals surface area contributed by atoms with E-state index in [1.165, 1.54) is 0 Å². The van der Waals surface area contributed by atoms with Crippen molar-refractivity contribution in [2.45, 2.75) is 96.5 Å². The predicted molar refractivity (Wildman–Crippen MR) is 128 cm³/mol. The number of benzene rings is 1. The molecule has 1 aromatic rings. The zero-order chi connectivity index (χ0) is 23.2. The Morgan fingerprint density at radius 3 is 2.53 bits per heavy atom. The van der Waals surface area contributed by atoms with Crippen LogP contribution in [-0.4, -0.2) is 23.5 Å². The van der Waals surface area contributed by atoms with Crippen molar-refractivity contribution < 1.29 is 19.4 Å². The Morgan fingerprint density at radius 2 is 1.81 bits per heavy atom. The van der Waals surface area contributed by atoms with Gasteiger partial charge >= 0.3 is 5.97 Å². The Hall–Kier alpha value is -2.12. The smallest absolute Gasteiger partial charge is 0.342 e. The Kier molecular flexibility index (Phi) is 11.5. The van der Waals surface area contributed by atoms with E-state index in [-0.39, 0.29) is 12.5 Å². The summed E-state index contributed by atoms with van der Waals surface area (Å²) in [4.78, 5) is 24.9. The van der Waals surface area contributed by atoms with E-state index in [0.29, 0.717) is 36.5 Å². The third-order valence-electron chi connectivity index (χ3n) is 6.54. The van der Waals surface area contributed by atoms with Crippen LogP contribution in [0.25, 0.3) is 0 Å². The van der Waals surface area contributed by atoms with Gasteiger partial charge in [0.25, 0.3) is 0 Å². The summed E-state index contributed by atoms with van der Waals surface area (Å²) >= 11 is 0. The van der Waals surface area contributed by atoms with Crippen LogP contribution in [-0.2, 0) is 19.9 Å². The minimum atomic E-state index is -1.61. The van der Waals surface area contributed by atoms with Crippen molar-refractivity contribution in [1.29, 1.82) is 0 Å². The molecule has 0 saturated heterocycles. The molecule has 1 saturated carbocycles. The molecule has 0 radical (unpaired) electrons. The van der Waals surface area contributed by atoms with Crippen LogP contribution in [0.2, 0.25) is 0 Å². The minimum absolute atomic E-state index is 0.177. The lowest BCUT2D eigenvalue weighted by molar-refractivity contribution is -0.167. The van der Waals surface area contributed by atoms with Crippen molar-refractivity contribution in [2.24, 2.45) is 11.8 Å². The maximum Gasteiger partial charge on any atom is 0.342 e. The zero-order valence-corrected chi connectivity index (χ0v) is 19.9. The van der Waals surface area contributed by atoms with E-state index < -0.39 is 11.6 Å². The van der Waals surface area contributed by atoms with Gasteiger partial charge in [-0.25, -0.2) is 4.79 Å². The molecule has 1 unspecified atom stereocenters. The molecule has 1 aliphatic carbocycles. The third kappa shape index (κ3) is 7.78. The van der Waals surface area contributed by atoms with Crippen molar-refractivity contribution in [2.75, 3.05) is 6.61 Å². The number of aliphatic hydroxyl groups is 1. The summed E-state index contributed by atoms with van der Waals surface area (Å²) in [7, 11) is 0. The largest absolute Gasteiger partial charge is 0.464 e. The number of hydrogen-bond donors (Lipinski definition) is 1. The summed E-state index contributed by atoms with van der Waals surface area (Å²) in [5.74, 6) is 6.95. The molecule has 32 heavy (non-hydrogen) atoms. The lowest BCUT2D eigenvalue weighted by Gasteiger charge is -2.26. The highest BCUT2D eigenvalue weighted by atomic mass is 16.5. The molecule has 4 heteroatoms. The lowest BCUT2D eigenvalue weighted by Crippen LogP contribution is -2.37. The Labute approximate surface area is 194 Å². The number of hydrogen-bond acceptors (Lipinski definition) is 4. The highest BCUT2D eigenvalue weighted by Crippen LogP contribution is 2.36. The number of ketones is 1. The molecule has 1 aliphatic rings.